The van der Waals surface area contributed by atoms with E-state index in [2.05, 4.69) is 10.3 Å². The Bertz CT molecular complexity index is 682. The van der Waals surface area contributed by atoms with Crippen LogP contribution in [-0.4, -0.2) is 50.0 Å². The highest BCUT2D eigenvalue weighted by molar-refractivity contribution is 5.92. The summed E-state index contributed by atoms with van der Waals surface area (Å²) >= 11 is 0. The molecule has 0 aliphatic heterocycles. The summed E-state index contributed by atoms with van der Waals surface area (Å²) in [7, 11) is 0. The minimum absolute atomic E-state index is 0.0867. The number of carboxylic acids is 1. The Hall–Kier alpha value is -2.70. The fourth-order valence-corrected chi connectivity index (χ4v) is 2.35. The number of benzene rings is 1. The van der Waals surface area contributed by atoms with Gasteiger partial charge in [-0.2, -0.15) is 0 Å². The van der Waals surface area contributed by atoms with Crippen LogP contribution in [0.1, 0.15) is 36.3 Å². The van der Waals surface area contributed by atoms with Gasteiger partial charge in [-0.05, 0) is 11.5 Å². The lowest BCUT2D eigenvalue weighted by Crippen LogP contribution is -2.36. The van der Waals surface area contributed by atoms with E-state index in [-0.39, 0.29) is 30.5 Å². The van der Waals surface area contributed by atoms with E-state index in [9.17, 15) is 9.59 Å². The molecule has 2 aromatic rings. The van der Waals surface area contributed by atoms with Crippen molar-refractivity contribution in [2.45, 2.75) is 26.8 Å². The number of amides is 1. The van der Waals surface area contributed by atoms with Crippen molar-refractivity contribution in [2.24, 2.45) is 5.92 Å². The zero-order valence-corrected chi connectivity index (χ0v) is 13.9. The van der Waals surface area contributed by atoms with E-state index in [1.165, 1.54) is 4.90 Å². The molecule has 0 radical (unpaired) electrons. The first-order valence-electron chi connectivity index (χ1n) is 7.91. The van der Waals surface area contributed by atoms with E-state index in [4.69, 9.17) is 5.11 Å². The van der Waals surface area contributed by atoms with E-state index in [1.54, 1.807) is 10.9 Å². The van der Waals surface area contributed by atoms with Crippen molar-refractivity contribution in [2.75, 3.05) is 13.1 Å². The van der Waals surface area contributed by atoms with Crippen LogP contribution in [0.2, 0.25) is 0 Å². The van der Waals surface area contributed by atoms with Crippen molar-refractivity contribution in [3.05, 3.63) is 47.8 Å². The molecule has 0 saturated heterocycles. The molecule has 128 valence electrons. The number of hydrogen-bond donors (Lipinski definition) is 1. The zero-order valence-electron chi connectivity index (χ0n) is 13.9. The Morgan fingerprint density at radius 1 is 1.25 bits per heavy atom. The van der Waals surface area contributed by atoms with Gasteiger partial charge in [0.15, 0.2) is 5.69 Å². The van der Waals surface area contributed by atoms with Gasteiger partial charge in [-0.25, -0.2) is 4.68 Å². The third kappa shape index (κ3) is 5.19. The first-order chi connectivity index (χ1) is 11.5. The molecule has 0 fully saturated rings. The highest BCUT2D eigenvalue weighted by Gasteiger charge is 2.20. The Balaban J connectivity index is 2.07. The van der Waals surface area contributed by atoms with E-state index >= 15 is 0 Å². The maximum Gasteiger partial charge on any atom is 0.305 e. The van der Waals surface area contributed by atoms with Crippen LogP contribution in [0.3, 0.4) is 0 Å². The molecule has 0 unspecified atom stereocenters. The first kappa shape index (κ1) is 17.7. The summed E-state index contributed by atoms with van der Waals surface area (Å²) < 4.78 is 1.60. The minimum Gasteiger partial charge on any atom is -0.481 e. The number of hydrogen-bond acceptors (Lipinski definition) is 4. The Labute approximate surface area is 140 Å². The SMILES string of the molecule is CC(C)CN(CCC(=O)O)C(=O)c1cn(Cc2ccccc2)nn1. The van der Waals surface area contributed by atoms with Crippen LogP contribution in [0.25, 0.3) is 0 Å². The number of nitrogens with zero attached hydrogens (tertiary/aromatic N) is 4. The minimum atomic E-state index is -0.927. The highest BCUT2D eigenvalue weighted by Crippen LogP contribution is 2.08. The first-order valence-corrected chi connectivity index (χ1v) is 7.91. The van der Waals surface area contributed by atoms with Crippen molar-refractivity contribution in [1.29, 1.82) is 0 Å². The summed E-state index contributed by atoms with van der Waals surface area (Å²) in [6.07, 6.45) is 1.51. The van der Waals surface area contributed by atoms with Gasteiger partial charge in [0, 0.05) is 13.1 Å². The summed E-state index contributed by atoms with van der Waals surface area (Å²) in [5.41, 5.74) is 1.29. The topological polar surface area (TPSA) is 88.3 Å². The summed E-state index contributed by atoms with van der Waals surface area (Å²) in [5.74, 6) is -0.976. The second-order valence-electron chi connectivity index (χ2n) is 6.08. The second-order valence-corrected chi connectivity index (χ2v) is 6.08. The lowest BCUT2D eigenvalue weighted by Gasteiger charge is -2.22. The molecule has 7 nitrogen and oxygen atoms in total. The molecule has 7 heteroatoms. The summed E-state index contributed by atoms with van der Waals surface area (Å²) in [6.45, 7) is 5.14. The molecule has 2 rings (SSSR count). The highest BCUT2D eigenvalue weighted by atomic mass is 16.4. The molecule has 0 atom stereocenters. The molecule has 0 spiro atoms. The second kappa shape index (κ2) is 8.24. The van der Waals surface area contributed by atoms with Gasteiger partial charge in [0.05, 0.1) is 19.2 Å². The number of rotatable bonds is 8. The smallest absolute Gasteiger partial charge is 0.305 e. The standard InChI is InChI=1S/C17H22N4O3/c1-13(2)10-20(9-8-16(22)23)17(24)15-12-21(19-18-15)11-14-6-4-3-5-7-14/h3-7,12-13H,8-11H2,1-2H3,(H,22,23). The number of aromatic nitrogens is 3. The van der Waals surface area contributed by atoms with E-state index < -0.39 is 5.97 Å². The van der Waals surface area contributed by atoms with Crippen LogP contribution in [0.15, 0.2) is 36.5 Å². The van der Waals surface area contributed by atoms with Crippen molar-refractivity contribution in [1.82, 2.24) is 19.9 Å². The van der Waals surface area contributed by atoms with Crippen molar-refractivity contribution in [3.8, 4) is 0 Å². The van der Waals surface area contributed by atoms with Gasteiger partial charge in [-0.1, -0.05) is 49.4 Å². The average molecular weight is 330 g/mol. The number of carbonyl (C=O) groups excluding carboxylic acids is 1. The summed E-state index contributed by atoms with van der Waals surface area (Å²) in [4.78, 5) is 24.9. The van der Waals surface area contributed by atoms with E-state index in [0.29, 0.717) is 13.1 Å². The van der Waals surface area contributed by atoms with Crippen LogP contribution in [0, 0.1) is 5.92 Å². The van der Waals surface area contributed by atoms with Crippen LogP contribution < -0.4 is 0 Å². The largest absolute Gasteiger partial charge is 0.481 e. The summed E-state index contributed by atoms with van der Waals surface area (Å²) in [5, 5.41) is 16.8. The lowest BCUT2D eigenvalue weighted by molar-refractivity contribution is -0.137. The monoisotopic (exact) mass is 330 g/mol. The summed E-state index contributed by atoms with van der Waals surface area (Å²) in [6, 6.07) is 9.76. The van der Waals surface area contributed by atoms with Crippen LogP contribution in [-0.2, 0) is 11.3 Å². The fourth-order valence-electron chi connectivity index (χ4n) is 2.35. The Morgan fingerprint density at radius 2 is 1.96 bits per heavy atom. The molecule has 1 heterocycles. The lowest BCUT2D eigenvalue weighted by atomic mass is 10.2. The molecule has 0 aliphatic carbocycles. The Kier molecular flexibility index (Phi) is 6.06. The predicted molar refractivity (Wildman–Crippen MR) is 88.6 cm³/mol. The van der Waals surface area contributed by atoms with Crippen molar-refractivity contribution < 1.29 is 14.7 Å². The fraction of sp³-hybridized carbons (Fsp3) is 0.412. The maximum absolute atomic E-state index is 12.6. The van der Waals surface area contributed by atoms with Crippen LogP contribution in [0.5, 0.6) is 0 Å². The van der Waals surface area contributed by atoms with Gasteiger partial charge in [0.2, 0.25) is 0 Å². The van der Waals surface area contributed by atoms with Crippen molar-refractivity contribution in [3.63, 3.8) is 0 Å². The Morgan fingerprint density at radius 3 is 2.58 bits per heavy atom. The number of carboxylic acid groups (broad SMARTS) is 1. The number of carbonyl (C=O) groups is 2. The average Bonchev–Trinajstić information content (AvgIpc) is 2.99. The molecule has 1 amide bonds. The molecular weight excluding hydrogens is 308 g/mol. The van der Waals surface area contributed by atoms with E-state index in [1.807, 2.05) is 44.2 Å². The molecule has 0 bridgehead atoms. The van der Waals surface area contributed by atoms with Crippen LogP contribution in [0.4, 0.5) is 0 Å². The van der Waals surface area contributed by atoms with Gasteiger partial charge in [-0.15, -0.1) is 5.10 Å². The van der Waals surface area contributed by atoms with Crippen molar-refractivity contribution >= 4 is 11.9 Å². The van der Waals surface area contributed by atoms with Gasteiger partial charge < -0.3 is 10.0 Å². The zero-order chi connectivity index (χ0) is 17.5. The maximum atomic E-state index is 12.6. The molecule has 1 N–H and O–H groups in total. The molecule has 0 aliphatic rings. The molecule has 1 aromatic carbocycles. The van der Waals surface area contributed by atoms with Gasteiger partial charge in [0.1, 0.15) is 0 Å². The molecule has 24 heavy (non-hydrogen) atoms. The molecular formula is C17H22N4O3. The molecule has 0 saturated carbocycles. The number of aliphatic carboxylic acids is 1. The third-order valence-electron chi connectivity index (χ3n) is 3.41. The van der Waals surface area contributed by atoms with Crippen LogP contribution >= 0.6 is 0 Å². The van der Waals surface area contributed by atoms with Gasteiger partial charge in [0.25, 0.3) is 5.91 Å². The van der Waals surface area contributed by atoms with Gasteiger partial charge >= 0.3 is 5.97 Å². The normalized spacial score (nSPS) is 10.8. The molecule has 1 aromatic heterocycles. The predicted octanol–water partition coefficient (Wildman–Crippen LogP) is 1.90. The quantitative estimate of drug-likeness (QED) is 0.798. The van der Waals surface area contributed by atoms with Gasteiger partial charge in [-0.3, -0.25) is 9.59 Å². The van der Waals surface area contributed by atoms with E-state index in [0.717, 1.165) is 5.56 Å². The third-order valence-corrected chi connectivity index (χ3v) is 3.41.